The third-order valence-corrected chi connectivity index (χ3v) is 2.18. The van der Waals surface area contributed by atoms with Gasteiger partial charge in [-0.05, 0) is 30.5 Å². The topological polar surface area (TPSA) is 49.9 Å². The van der Waals surface area contributed by atoms with Gasteiger partial charge in [-0.25, -0.2) is 0 Å². The van der Waals surface area contributed by atoms with Crippen molar-refractivity contribution in [3.63, 3.8) is 0 Å². The van der Waals surface area contributed by atoms with Crippen molar-refractivity contribution in [2.75, 3.05) is 0 Å². The number of aromatic amines is 1. The Labute approximate surface area is 94.1 Å². The van der Waals surface area contributed by atoms with Gasteiger partial charge in [-0.1, -0.05) is 19.9 Å². The standard InChI is InChI=1S/C11H9NO2.C2H6/c1-7(13)8-2-3-10-9(6-8)4-5-12-11(10)14;1-2/h2-6H,1H3,(H,12,14);1-2H3. The number of benzene rings is 1. The van der Waals surface area contributed by atoms with E-state index in [2.05, 4.69) is 4.98 Å². The smallest absolute Gasteiger partial charge is 0.255 e. The predicted molar refractivity (Wildman–Crippen MR) is 65.9 cm³/mol. The summed E-state index contributed by atoms with van der Waals surface area (Å²) < 4.78 is 0. The molecule has 0 aliphatic rings. The molecule has 0 aliphatic carbocycles. The molecule has 0 aliphatic heterocycles. The molecule has 0 amide bonds. The maximum atomic E-state index is 11.3. The molecule has 0 bridgehead atoms. The molecule has 0 saturated heterocycles. The monoisotopic (exact) mass is 217 g/mol. The van der Waals surface area contributed by atoms with E-state index < -0.39 is 0 Å². The van der Waals surface area contributed by atoms with Crippen LogP contribution in [0.15, 0.2) is 35.3 Å². The lowest BCUT2D eigenvalue weighted by atomic mass is 10.1. The summed E-state index contributed by atoms with van der Waals surface area (Å²) in [6.07, 6.45) is 1.58. The quantitative estimate of drug-likeness (QED) is 0.747. The highest BCUT2D eigenvalue weighted by molar-refractivity contribution is 5.98. The van der Waals surface area contributed by atoms with Crippen molar-refractivity contribution in [2.45, 2.75) is 20.8 Å². The molecule has 1 N–H and O–H groups in total. The lowest BCUT2D eigenvalue weighted by Crippen LogP contribution is -2.04. The predicted octanol–water partition coefficient (Wildman–Crippen LogP) is 2.76. The van der Waals surface area contributed by atoms with Crippen molar-refractivity contribution < 1.29 is 4.79 Å². The Bertz CT molecular complexity index is 555. The number of Topliss-reactive ketones (excluding diaryl/α,β-unsaturated/α-hetero) is 1. The fourth-order valence-corrected chi connectivity index (χ4v) is 1.41. The third kappa shape index (κ3) is 2.37. The van der Waals surface area contributed by atoms with E-state index in [0.717, 1.165) is 5.39 Å². The fourth-order valence-electron chi connectivity index (χ4n) is 1.41. The lowest BCUT2D eigenvalue weighted by Gasteiger charge is -1.98. The molecule has 1 heterocycles. The van der Waals surface area contributed by atoms with Gasteiger partial charge in [0.25, 0.3) is 5.56 Å². The van der Waals surface area contributed by atoms with Gasteiger partial charge in [0.05, 0.1) is 0 Å². The molecular weight excluding hydrogens is 202 g/mol. The van der Waals surface area contributed by atoms with E-state index in [1.165, 1.54) is 6.92 Å². The highest BCUT2D eigenvalue weighted by Gasteiger charge is 2.02. The molecule has 0 spiro atoms. The van der Waals surface area contributed by atoms with Crippen molar-refractivity contribution >= 4 is 16.6 Å². The molecule has 0 saturated carbocycles. The lowest BCUT2D eigenvalue weighted by molar-refractivity contribution is 0.101. The number of hydrogen-bond donors (Lipinski definition) is 1. The van der Waals surface area contributed by atoms with Gasteiger partial charge in [-0.15, -0.1) is 0 Å². The number of pyridine rings is 1. The fraction of sp³-hybridized carbons (Fsp3) is 0.231. The Balaban J connectivity index is 0.000000606. The van der Waals surface area contributed by atoms with Crippen molar-refractivity contribution in [3.05, 3.63) is 46.4 Å². The van der Waals surface area contributed by atoms with E-state index in [1.807, 2.05) is 13.8 Å². The van der Waals surface area contributed by atoms with Crippen LogP contribution in [0.2, 0.25) is 0 Å². The molecule has 2 rings (SSSR count). The zero-order valence-corrected chi connectivity index (χ0v) is 9.70. The van der Waals surface area contributed by atoms with Gasteiger partial charge >= 0.3 is 0 Å². The number of ketones is 1. The minimum atomic E-state index is -0.127. The zero-order valence-electron chi connectivity index (χ0n) is 9.70. The molecule has 0 fully saturated rings. The number of rotatable bonds is 1. The molecule has 3 heteroatoms. The van der Waals surface area contributed by atoms with Crippen LogP contribution in [0.25, 0.3) is 10.8 Å². The van der Waals surface area contributed by atoms with Crippen LogP contribution >= 0.6 is 0 Å². The zero-order chi connectivity index (χ0) is 12.1. The van der Waals surface area contributed by atoms with E-state index in [1.54, 1.807) is 30.5 Å². The van der Waals surface area contributed by atoms with Gasteiger partial charge < -0.3 is 4.98 Å². The summed E-state index contributed by atoms with van der Waals surface area (Å²) in [5.74, 6) is 0.00665. The van der Waals surface area contributed by atoms with Crippen LogP contribution < -0.4 is 5.56 Å². The Morgan fingerprint density at radius 1 is 1.19 bits per heavy atom. The van der Waals surface area contributed by atoms with Crippen molar-refractivity contribution in [1.29, 1.82) is 0 Å². The molecule has 1 aromatic carbocycles. The second-order valence-electron chi connectivity index (χ2n) is 3.17. The van der Waals surface area contributed by atoms with Crippen LogP contribution in [0.4, 0.5) is 0 Å². The van der Waals surface area contributed by atoms with E-state index in [9.17, 15) is 9.59 Å². The molecule has 16 heavy (non-hydrogen) atoms. The number of carbonyl (C=O) groups excluding carboxylic acids is 1. The van der Waals surface area contributed by atoms with Crippen molar-refractivity contribution in [1.82, 2.24) is 4.98 Å². The largest absolute Gasteiger partial charge is 0.329 e. The van der Waals surface area contributed by atoms with Crippen LogP contribution in [-0.2, 0) is 0 Å². The average Bonchev–Trinajstić information content (AvgIpc) is 2.31. The summed E-state index contributed by atoms with van der Waals surface area (Å²) in [7, 11) is 0. The first-order valence-corrected chi connectivity index (χ1v) is 5.31. The summed E-state index contributed by atoms with van der Waals surface area (Å²) in [5, 5.41) is 1.40. The molecule has 0 atom stereocenters. The number of H-pyrrole nitrogens is 1. The minimum absolute atomic E-state index is 0.00665. The van der Waals surface area contributed by atoms with E-state index in [4.69, 9.17) is 0 Å². The summed E-state index contributed by atoms with van der Waals surface area (Å²) in [6, 6.07) is 6.85. The first-order valence-electron chi connectivity index (χ1n) is 5.31. The van der Waals surface area contributed by atoms with Crippen LogP contribution in [-0.4, -0.2) is 10.8 Å². The van der Waals surface area contributed by atoms with Gasteiger partial charge in [0.1, 0.15) is 0 Å². The summed E-state index contributed by atoms with van der Waals surface area (Å²) in [4.78, 5) is 25.0. The highest BCUT2D eigenvalue weighted by atomic mass is 16.1. The van der Waals surface area contributed by atoms with Gasteiger partial charge in [-0.3, -0.25) is 9.59 Å². The maximum Gasteiger partial charge on any atom is 0.255 e. The van der Waals surface area contributed by atoms with Gasteiger partial charge in [0.15, 0.2) is 5.78 Å². The van der Waals surface area contributed by atoms with E-state index >= 15 is 0 Å². The summed E-state index contributed by atoms with van der Waals surface area (Å²) >= 11 is 0. The van der Waals surface area contributed by atoms with Gasteiger partial charge in [0.2, 0.25) is 0 Å². The molecule has 1 aromatic heterocycles. The summed E-state index contributed by atoms with van der Waals surface area (Å²) in [6.45, 7) is 5.51. The number of nitrogens with one attached hydrogen (secondary N) is 1. The first kappa shape index (κ1) is 12.2. The van der Waals surface area contributed by atoms with E-state index in [-0.39, 0.29) is 11.3 Å². The Hall–Kier alpha value is -1.90. The Morgan fingerprint density at radius 2 is 1.88 bits per heavy atom. The molecule has 84 valence electrons. The molecular formula is C13H15NO2. The number of aromatic nitrogens is 1. The molecule has 0 radical (unpaired) electrons. The highest BCUT2D eigenvalue weighted by Crippen LogP contribution is 2.11. The normalized spacial score (nSPS) is 9.44. The molecule has 3 nitrogen and oxygen atoms in total. The van der Waals surface area contributed by atoms with Crippen molar-refractivity contribution in [2.24, 2.45) is 0 Å². The van der Waals surface area contributed by atoms with Gasteiger partial charge in [-0.2, -0.15) is 0 Å². The van der Waals surface area contributed by atoms with Crippen molar-refractivity contribution in [3.8, 4) is 0 Å². The van der Waals surface area contributed by atoms with Crippen LogP contribution in [0, 0.1) is 0 Å². The first-order chi connectivity index (χ1) is 7.68. The SMILES string of the molecule is CC.CC(=O)c1ccc2c(=O)[nH]ccc2c1. The molecule has 2 aromatic rings. The molecule has 0 unspecified atom stereocenters. The summed E-state index contributed by atoms with van der Waals surface area (Å²) in [5.41, 5.74) is 0.501. The van der Waals surface area contributed by atoms with Gasteiger partial charge in [0, 0.05) is 17.1 Å². The Morgan fingerprint density at radius 3 is 2.50 bits per heavy atom. The van der Waals surface area contributed by atoms with Crippen LogP contribution in [0.1, 0.15) is 31.1 Å². The third-order valence-electron chi connectivity index (χ3n) is 2.18. The minimum Gasteiger partial charge on any atom is -0.329 e. The number of carbonyl (C=O) groups is 1. The van der Waals surface area contributed by atoms with Crippen LogP contribution in [0.5, 0.6) is 0 Å². The van der Waals surface area contributed by atoms with E-state index in [0.29, 0.717) is 10.9 Å². The Kier molecular flexibility index (Phi) is 4.00. The number of fused-ring (bicyclic) bond motifs is 1. The second kappa shape index (κ2) is 5.26. The van der Waals surface area contributed by atoms with Crippen LogP contribution in [0.3, 0.4) is 0 Å². The maximum absolute atomic E-state index is 11.3. The number of hydrogen-bond acceptors (Lipinski definition) is 2. The second-order valence-corrected chi connectivity index (χ2v) is 3.17. The average molecular weight is 217 g/mol.